The maximum atomic E-state index is 8.83. The number of piperazine rings is 1. The molecule has 0 atom stereocenters. The fourth-order valence-electron chi connectivity index (χ4n) is 2.42. The summed E-state index contributed by atoms with van der Waals surface area (Å²) in [5, 5.41) is 9.53. The first-order valence-electron chi connectivity index (χ1n) is 6.75. The molecule has 1 fully saturated rings. The van der Waals surface area contributed by atoms with Gasteiger partial charge in [0, 0.05) is 43.8 Å². The van der Waals surface area contributed by atoms with Gasteiger partial charge in [-0.3, -0.25) is 9.80 Å². The van der Waals surface area contributed by atoms with Crippen LogP contribution in [0.4, 0.5) is 0 Å². The normalized spacial score (nSPS) is 17.6. The highest BCUT2D eigenvalue weighted by molar-refractivity contribution is 6.31. The van der Waals surface area contributed by atoms with Crippen molar-refractivity contribution in [2.75, 3.05) is 26.2 Å². The number of halogens is 1. The summed E-state index contributed by atoms with van der Waals surface area (Å²) in [6.07, 6.45) is 0. The van der Waals surface area contributed by atoms with Gasteiger partial charge in [-0.1, -0.05) is 17.7 Å². The zero-order valence-electron chi connectivity index (χ0n) is 11.6. The predicted octanol–water partition coefficient (Wildman–Crippen LogP) is 2.74. The summed E-state index contributed by atoms with van der Waals surface area (Å²) in [7, 11) is 0. The first kappa shape index (κ1) is 14.3. The van der Waals surface area contributed by atoms with Crippen molar-refractivity contribution < 1.29 is 0 Å². The van der Waals surface area contributed by atoms with Crippen LogP contribution in [-0.4, -0.2) is 42.0 Å². The predicted molar refractivity (Wildman–Crippen MR) is 78.2 cm³/mol. The molecule has 2 rings (SSSR count). The van der Waals surface area contributed by atoms with Crippen LogP contribution in [-0.2, 0) is 6.54 Å². The molecule has 1 heterocycles. The van der Waals surface area contributed by atoms with Crippen LogP contribution in [0.25, 0.3) is 0 Å². The van der Waals surface area contributed by atoms with Crippen LogP contribution in [0.15, 0.2) is 18.2 Å². The molecule has 0 aliphatic carbocycles. The molecule has 0 bridgehead atoms. The van der Waals surface area contributed by atoms with Gasteiger partial charge in [-0.2, -0.15) is 5.26 Å². The van der Waals surface area contributed by atoms with Crippen LogP contribution < -0.4 is 0 Å². The highest BCUT2D eigenvalue weighted by atomic mass is 35.5. The lowest BCUT2D eigenvalue weighted by Gasteiger charge is -2.37. The molecule has 0 saturated carbocycles. The number of rotatable bonds is 3. The van der Waals surface area contributed by atoms with E-state index < -0.39 is 0 Å². The number of nitriles is 1. The van der Waals surface area contributed by atoms with E-state index >= 15 is 0 Å². The number of hydrogen-bond acceptors (Lipinski definition) is 3. The van der Waals surface area contributed by atoms with Gasteiger partial charge in [0.25, 0.3) is 0 Å². The molecule has 1 aromatic carbocycles. The van der Waals surface area contributed by atoms with Crippen molar-refractivity contribution in [3.8, 4) is 6.07 Å². The molecular formula is C15H20ClN3. The standard InChI is InChI=1S/C15H20ClN3/c1-12(2)19-7-5-18(6-8-19)11-14-4-3-13(10-17)9-15(14)16/h3-4,9,12H,5-8,11H2,1-2H3. The summed E-state index contributed by atoms with van der Waals surface area (Å²) in [5.41, 5.74) is 1.73. The maximum absolute atomic E-state index is 8.83. The minimum Gasteiger partial charge on any atom is -0.298 e. The Bertz CT molecular complexity index is 471. The minimum absolute atomic E-state index is 0.623. The second-order valence-corrected chi connectivity index (χ2v) is 5.73. The molecule has 0 amide bonds. The van der Waals surface area contributed by atoms with E-state index in [-0.39, 0.29) is 0 Å². The molecule has 1 aromatic rings. The quantitative estimate of drug-likeness (QED) is 0.851. The summed E-state index contributed by atoms with van der Waals surface area (Å²) in [6, 6.07) is 8.30. The van der Waals surface area contributed by atoms with Crippen LogP contribution >= 0.6 is 11.6 Å². The third kappa shape index (κ3) is 3.70. The highest BCUT2D eigenvalue weighted by Gasteiger charge is 2.19. The van der Waals surface area contributed by atoms with Crippen molar-refractivity contribution in [1.82, 2.24) is 9.80 Å². The van der Waals surface area contributed by atoms with Gasteiger partial charge in [0.1, 0.15) is 0 Å². The van der Waals surface area contributed by atoms with Crippen LogP contribution in [0, 0.1) is 11.3 Å². The smallest absolute Gasteiger partial charge is 0.0992 e. The number of nitrogens with zero attached hydrogens (tertiary/aromatic N) is 3. The molecule has 0 unspecified atom stereocenters. The second kappa shape index (κ2) is 6.38. The third-order valence-corrected chi connectivity index (χ3v) is 4.07. The van der Waals surface area contributed by atoms with Gasteiger partial charge < -0.3 is 0 Å². The summed E-state index contributed by atoms with van der Waals surface area (Å²) < 4.78 is 0. The summed E-state index contributed by atoms with van der Waals surface area (Å²) in [6.45, 7) is 9.75. The molecule has 1 saturated heterocycles. The van der Waals surface area contributed by atoms with E-state index in [9.17, 15) is 0 Å². The lowest BCUT2D eigenvalue weighted by Crippen LogP contribution is -2.48. The fraction of sp³-hybridized carbons (Fsp3) is 0.533. The van der Waals surface area contributed by atoms with E-state index in [0.717, 1.165) is 38.3 Å². The monoisotopic (exact) mass is 277 g/mol. The van der Waals surface area contributed by atoms with Gasteiger partial charge in [0.15, 0.2) is 0 Å². The zero-order valence-corrected chi connectivity index (χ0v) is 12.3. The molecule has 1 aliphatic heterocycles. The van der Waals surface area contributed by atoms with Crippen molar-refractivity contribution >= 4 is 11.6 Å². The molecular weight excluding hydrogens is 258 g/mol. The van der Waals surface area contributed by atoms with Crippen LogP contribution in [0.5, 0.6) is 0 Å². The Hall–Kier alpha value is -1.08. The molecule has 0 aromatic heterocycles. The Kier molecular flexibility index (Phi) is 4.81. The van der Waals surface area contributed by atoms with Gasteiger partial charge in [-0.05, 0) is 31.5 Å². The van der Waals surface area contributed by atoms with Crippen molar-refractivity contribution in [3.05, 3.63) is 34.3 Å². The maximum Gasteiger partial charge on any atom is 0.0992 e. The molecule has 4 heteroatoms. The minimum atomic E-state index is 0.623. The molecule has 3 nitrogen and oxygen atoms in total. The first-order chi connectivity index (χ1) is 9.10. The van der Waals surface area contributed by atoms with E-state index in [1.165, 1.54) is 0 Å². The van der Waals surface area contributed by atoms with Crippen LogP contribution in [0.1, 0.15) is 25.0 Å². The van der Waals surface area contributed by atoms with Crippen molar-refractivity contribution in [1.29, 1.82) is 5.26 Å². The van der Waals surface area contributed by atoms with E-state index in [1.807, 2.05) is 12.1 Å². The topological polar surface area (TPSA) is 30.3 Å². The summed E-state index contributed by atoms with van der Waals surface area (Å²) in [4.78, 5) is 4.92. The third-order valence-electron chi connectivity index (χ3n) is 3.71. The lowest BCUT2D eigenvalue weighted by atomic mass is 10.1. The Morgan fingerprint density at radius 3 is 2.47 bits per heavy atom. The molecule has 0 N–H and O–H groups in total. The van der Waals surface area contributed by atoms with Crippen molar-refractivity contribution in [2.24, 2.45) is 0 Å². The average molecular weight is 278 g/mol. The van der Waals surface area contributed by atoms with Gasteiger partial charge in [0.2, 0.25) is 0 Å². The van der Waals surface area contributed by atoms with Gasteiger partial charge in [-0.25, -0.2) is 0 Å². The van der Waals surface area contributed by atoms with Crippen LogP contribution in [0.3, 0.4) is 0 Å². The van der Waals surface area contributed by atoms with Crippen LogP contribution in [0.2, 0.25) is 5.02 Å². The Balaban J connectivity index is 1.94. The van der Waals surface area contributed by atoms with Crippen molar-refractivity contribution in [3.63, 3.8) is 0 Å². The van der Waals surface area contributed by atoms with Gasteiger partial charge in [-0.15, -0.1) is 0 Å². The zero-order chi connectivity index (χ0) is 13.8. The summed E-state index contributed by atoms with van der Waals surface area (Å²) in [5.74, 6) is 0. The van der Waals surface area contributed by atoms with E-state index in [1.54, 1.807) is 6.07 Å². The van der Waals surface area contributed by atoms with Gasteiger partial charge in [0.05, 0.1) is 11.6 Å². The van der Waals surface area contributed by atoms with E-state index in [2.05, 4.69) is 29.7 Å². The first-order valence-corrected chi connectivity index (χ1v) is 7.13. The average Bonchev–Trinajstić information content (AvgIpc) is 2.41. The Labute approximate surface area is 120 Å². The fourth-order valence-corrected chi connectivity index (χ4v) is 2.66. The summed E-state index contributed by atoms with van der Waals surface area (Å²) >= 11 is 6.22. The van der Waals surface area contributed by atoms with E-state index in [0.29, 0.717) is 16.6 Å². The van der Waals surface area contributed by atoms with Gasteiger partial charge >= 0.3 is 0 Å². The Morgan fingerprint density at radius 1 is 1.26 bits per heavy atom. The van der Waals surface area contributed by atoms with Crippen molar-refractivity contribution in [2.45, 2.75) is 26.4 Å². The SMILES string of the molecule is CC(C)N1CCN(Cc2ccc(C#N)cc2Cl)CC1. The number of benzene rings is 1. The molecule has 1 aliphatic rings. The van der Waals surface area contributed by atoms with E-state index in [4.69, 9.17) is 16.9 Å². The Morgan fingerprint density at radius 2 is 1.95 bits per heavy atom. The second-order valence-electron chi connectivity index (χ2n) is 5.32. The lowest BCUT2D eigenvalue weighted by molar-refractivity contribution is 0.104. The number of hydrogen-bond donors (Lipinski definition) is 0. The molecule has 102 valence electrons. The molecule has 0 radical (unpaired) electrons. The largest absolute Gasteiger partial charge is 0.298 e. The molecule has 0 spiro atoms. The molecule has 19 heavy (non-hydrogen) atoms. The highest BCUT2D eigenvalue weighted by Crippen LogP contribution is 2.20.